The minimum atomic E-state index is -1.09. The molecule has 4 nitrogen and oxygen atoms in total. The van der Waals surface area contributed by atoms with E-state index in [2.05, 4.69) is 0 Å². The quantitative estimate of drug-likeness (QED) is 0.471. The Labute approximate surface area is 98.3 Å². The first-order valence-electron chi connectivity index (χ1n) is 5.04. The second kappa shape index (κ2) is 6.65. The Morgan fingerprint density at radius 3 is 2.88 bits per heavy atom. The maximum Gasteiger partial charge on any atom is 0.328 e. The molecule has 92 valence electrons. The third-order valence-corrected chi connectivity index (χ3v) is 1.83. The van der Waals surface area contributed by atoms with E-state index < -0.39 is 11.8 Å². The van der Waals surface area contributed by atoms with Gasteiger partial charge in [0, 0.05) is 18.7 Å². The number of benzene rings is 1. The molecule has 1 N–H and O–H groups in total. The van der Waals surface area contributed by atoms with Gasteiger partial charge in [-0.3, -0.25) is 0 Å². The maximum atomic E-state index is 13.2. The second-order valence-electron chi connectivity index (χ2n) is 3.15. The molecule has 0 saturated heterocycles. The summed E-state index contributed by atoms with van der Waals surface area (Å²) in [4.78, 5) is 10.3. The standard InChI is InChI=1S/C12H13FO4/c1-2-16-8-17-11-6-9(3-4-12(14)15)5-10(13)7-11/h3-7H,2,8H2,1H3,(H,14,15)/b4-3+. The molecule has 0 amide bonds. The highest BCUT2D eigenvalue weighted by Crippen LogP contribution is 2.17. The minimum Gasteiger partial charge on any atom is -0.478 e. The molecule has 0 aliphatic carbocycles. The zero-order chi connectivity index (χ0) is 12.7. The van der Waals surface area contributed by atoms with Gasteiger partial charge in [0.05, 0.1) is 0 Å². The lowest BCUT2D eigenvalue weighted by Crippen LogP contribution is -2.02. The van der Waals surface area contributed by atoms with E-state index in [-0.39, 0.29) is 6.79 Å². The molecule has 0 heterocycles. The molecular weight excluding hydrogens is 227 g/mol. The van der Waals surface area contributed by atoms with Crippen LogP contribution >= 0.6 is 0 Å². The van der Waals surface area contributed by atoms with E-state index in [0.29, 0.717) is 17.9 Å². The summed E-state index contributed by atoms with van der Waals surface area (Å²) in [6.07, 6.45) is 2.22. The topological polar surface area (TPSA) is 55.8 Å². The SMILES string of the molecule is CCOCOc1cc(F)cc(/C=C/C(=O)O)c1. The van der Waals surface area contributed by atoms with Crippen molar-refractivity contribution >= 4 is 12.0 Å². The lowest BCUT2D eigenvalue weighted by molar-refractivity contribution is -0.131. The molecule has 0 radical (unpaired) electrons. The zero-order valence-corrected chi connectivity index (χ0v) is 9.35. The average molecular weight is 240 g/mol. The molecule has 0 atom stereocenters. The Balaban J connectivity index is 2.75. The van der Waals surface area contributed by atoms with E-state index in [1.54, 1.807) is 0 Å². The first kappa shape index (κ1) is 13.2. The predicted molar refractivity (Wildman–Crippen MR) is 60.2 cm³/mol. The summed E-state index contributed by atoms with van der Waals surface area (Å²) < 4.78 is 23.2. The summed E-state index contributed by atoms with van der Waals surface area (Å²) in [5.41, 5.74) is 0.416. The van der Waals surface area contributed by atoms with Crippen molar-refractivity contribution in [3.63, 3.8) is 0 Å². The highest BCUT2D eigenvalue weighted by atomic mass is 19.1. The van der Waals surface area contributed by atoms with Crippen LogP contribution in [0.4, 0.5) is 4.39 Å². The Hall–Kier alpha value is -1.88. The summed E-state index contributed by atoms with van der Waals surface area (Å²) in [7, 11) is 0. The minimum absolute atomic E-state index is 0.0298. The molecule has 0 aliphatic rings. The summed E-state index contributed by atoms with van der Waals surface area (Å²) in [6, 6.07) is 3.95. The van der Waals surface area contributed by atoms with Crippen LogP contribution in [-0.2, 0) is 9.53 Å². The number of hydrogen-bond acceptors (Lipinski definition) is 3. The van der Waals surface area contributed by atoms with Crippen LogP contribution in [0.5, 0.6) is 5.75 Å². The Bertz CT molecular complexity index is 415. The number of aliphatic carboxylic acids is 1. The van der Waals surface area contributed by atoms with Crippen molar-refractivity contribution in [2.24, 2.45) is 0 Å². The fourth-order valence-corrected chi connectivity index (χ4v) is 1.12. The summed E-state index contributed by atoms with van der Waals surface area (Å²) in [5, 5.41) is 8.45. The van der Waals surface area contributed by atoms with Crippen LogP contribution in [0.25, 0.3) is 6.08 Å². The number of carboxylic acid groups (broad SMARTS) is 1. The van der Waals surface area contributed by atoms with E-state index in [1.807, 2.05) is 6.92 Å². The van der Waals surface area contributed by atoms with Crippen molar-refractivity contribution < 1.29 is 23.8 Å². The van der Waals surface area contributed by atoms with Crippen molar-refractivity contribution in [1.29, 1.82) is 0 Å². The van der Waals surface area contributed by atoms with Gasteiger partial charge < -0.3 is 14.6 Å². The first-order chi connectivity index (χ1) is 8.11. The molecule has 0 aromatic heterocycles. The number of ether oxygens (including phenoxy) is 2. The fourth-order valence-electron chi connectivity index (χ4n) is 1.12. The number of hydrogen-bond donors (Lipinski definition) is 1. The van der Waals surface area contributed by atoms with Crippen LogP contribution < -0.4 is 4.74 Å². The molecular formula is C12H13FO4. The van der Waals surface area contributed by atoms with Gasteiger partial charge in [-0.15, -0.1) is 0 Å². The van der Waals surface area contributed by atoms with Gasteiger partial charge in [-0.25, -0.2) is 9.18 Å². The van der Waals surface area contributed by atoms with Gasteiger partial charge >= 0.3 is 5.97 Å². The number of carbonyl (C=O) groups is 1. The molecule has 1 aromatic carbocycles. The van der Waals surface area contributed by atoms with E-state index in [1.165, 1.54) is 24.3 Å². The van der Waals surface area contributed by atoms with Crippen LogP contribution in [0.2, 0.25) is 0 Å². The van der Waals surface area contributed by atoms with Crippen molar-refractivity contribution in [2.45, 2.75) is 6.92 Å². The zero-order valence-electron chi connectivity index (χ0n) is 9.35. The van der Waals surface area contributed by atoms with Crippen LogP contribution in [0.1, 0.15) is 12.5 Å². The largest absolute Gasteiger partial charge is 0.478 e. The number of rotatable bonds is 6. The highest BCUT2D eigenvalue weighted by molar-refractivity contribution is 5.85. The van der Waals surface area contributed by atoms with Crippen LogP contribution in [0.15, 0.2) is 24.3 Å². The molecule has 17 heavy (non-hydrogen) atoms. The first-order valence-corrected chi connectivity index (χ1v) is 5.04. The van der Waals surface area contributed by atoms with Crippen molar-refractivity contribution in [3.8, 4) is 5.75 Å². The normalized spacial score (nSPS) is 10.7. The summed E-state index contributed by atoms with van der Waals surface area (Å²) in [6.45, 7) is 2.35. The molecule has 0 aliphatic heterocycles. The molecule has 0 unspecified atom stereocenters. The second-order valence-corrected chi connectivity index (χ2v) is 3.15. The fraction of sp³-hybridized carbons (Fsp3) is 0.250. The van der Waals surface area contributed by atoms with Crippen LogP contribution in [-0.4, -0.2) is 24.5 Å². The molecule has 0 saturated carbocycles. The van der Waals surface area contributed by atoms with Crippen molar-refractivity contribution in [3.05, 3.63) is 35.7 Å². The third-order valence-electron chi connectivity index (χ3n) is 1.83. The Morgan fingerprint density at radius 2 is 2.24 bits per heavy atom. The number of carboxylic acids is 1. The Morgan fingerprint density at radius 1 is 1.47 bits per heavy atom. The summed E-state index contributed by atoms with van der Waals surface area (Å²) >= 11 is 0. The maximum absolute atomic E-state index is 13.2. The number of halogens is 1. The van der Waals surface area contributed by atoms with Crippen LogP contribution in [0, 0.1) is 5.82 Å². The van der Waals surface area contributed by atoms with Gasteiger partial charge in [-0.2, -0.15) is 0 Å². The predicted octanol–water partition coefficient (Wildman–Crippen LogP) is 2.30. The van der Waals surface area contributed by atoms with Crippen molar-refractivity contribution in [2.75, 3.05) is 13.4 Å². The highest BCUT2D eigenvalue weighted by Gasteiger charge is 2.00. The lowest BCUT2D eigenvalue weighted by atomic mass is 10.2. The van der Waals surface area contributed by atoms with Gasteiger partial charge in [0.15, 0.2) is 6.79 Å². The Kier molecular flexibility index (Phi) is 5.16. The van der Waals surface area contributed by atoms with E-state index in [4.69, 9.17) is 14.6 Å². The van der Waals surface area contributed by atoms with Gasteiger partial charge in [0.1, 0.15) is 11.6 Å². The molecule has 0 spiro atoms. The smallest absolute Gasteiger partial charge is 0.328 e. The average Bonchev–Trinajstić information content (AvgIpc) is 2.26. The van der Waals surface area contributed by atoms with Crippen LogP contribution in [0.3, 0.4) is 0 Å². The van der Waals surface area contributed by atoms with Crippen molar-refractivity contribution in [1.82, 2.24) is 0 Å². The van der Waals surface area contributed by atoms with Gasteiger partial charge in [-0.05, 0) is 30.7 Å². The summed E-state index contributed by atoms with van der Waals surface area (Å²) in [5.74, 6) is -1.29. The van der Waals surface area contributed by atoms with E-state index >= 15 is 0 Å². The molecule has 5 heteroatoms. The van der Waals surface area contributed by atoms with Gasteiger partial charge in [0.25, 0.3) is 0 Å². The van der Waals surface area contributed by atoms with Gasteiger partial charge in [0.2, 0.25) is 0 Å². The molecule has 0 bridgehead atoms. The van der Waals surface area contributed by atoms with E-state index in [0.717, 1.165) is 6.08 Å². The van der Waals surface area contributed by atoms with Gasteiger partial charge in [-0.1, -0.05) is 0 Å². The monoisotopic (exact) mass is 240 g/mol. The lowest BCUT2D eigenvalue weighted by Gasteiger charge is -2.06. The molecule has 1 rings (SSSR count). The third kappa shape index (κ3) is 5.12. The van der Waals surface area contributed by atoms with E-state index in [9.17, 15) is 9.18 Å². The molecule has 0 fully saturated rings. The molecule has 1 aromatic rings.